The zero-order chi connectivity index (χ0) is 16.7. The number of hydrogen-bond donors (Lipinski definition) is 1. The van der Waals surface area contributed by atoms with Gasteiger partial charge in [-0.05, 0) is 42.3 Å². The fourth-order valence-corrected chi connectivity index (χ4v) is 3.57. The first kappa shape index (κ1) is 17.5. The Morgan fingerprint density at radius 1 is 1.20 bits per heavy atom. The van der Waals surface area contributed by atoms with Crippen LogP contribution in [0.1, 0.15) is 16.7 Å². The highest BCUT2D eigenvalue weighted by molar-refractivity contribution is 9.10. The third-order valence-electron chi connectivity index (χ3n) is 4.46. The van der Waals surface area contributed by atoms with Crippen LogP contribution >= 0.6 is 28.3 Å². The minimum atomic E-state index is 0. The minimum absolute atomic E-state index is 0. The lowest BCUT2D eigenvalue weighted by Crippen LogP contribution is -2.20. The zero-order valence-corrected chi connectivity index (χ0v) is 15.8. The van der Waals surface area contributed by atoms with E-state index < -0.39 is 0 Å². The summed E-state index contributed by atoms with van der Waals surface area (Å²) in [5.74, 6) is 0.978. The Kier molecular flexibility index (Phi) is 4.85. The SMILES string of the molecule is Cl.N#Cc1ccc(CN2CCc3c2nc2ccc(Br)cc2c3N)cc1. The van der Waals surface area contributed by atoms with Gasteiger partial charge in [0, 0.05) is 34.2 Å². The molecule has 0 radical (unpaired) electrons. The Morgan fingerprint density at radius 2 is 1.96 bits per heavy atom. The normalized spacial score (nSPS) is 12.6. The first-order valence-corrected chi connectivity index (χ1v) is 8.56. The van der Waals surface area contributed by atoms with Crippen LogP contribution in [-0.4, -0.2) is 11.5 Å². The molecule has 4 rings (SSSR count). The van der Waals surface area contributed by atoms with E-state index in [1.54, 1.807) is 0 Å². The molecule has 0 bridgehead atoms. The topological polar surface area (TPSA) is 65.9 Å². The fraction of sp³-hybridized carbons (Fsp3) is 0.158. The van der Waals surface area contributed by atoms with Crippen LogP contribution in [-0.2, 0) is 13.0 Å². The molecule has 2 heterocycles. The Hall–Kier alpha value is -2.29. The summed E-state index contributed by atoms with van der Waals surface area (Å²) in [4.78, 5) is 7.10. The summed E-state index contributed by atoms with van der Waals surface area (Å²) in [6.45, 7) is 1.68. The van der Waals surface area contributed by atoms with Crippen molar-refractivity contribution in [3.63, 3.8) is 0 Å². The number of anilines is 2. The molecule has 1 aliphatic heterocycles. The Balaban J connectivity index is 0.00000182. The molecule has 1 aliphatic rings. The van der Waals surface area contributed by atoms with Crippen LogP contribution in [0.3, 0.4) is 0 Å². The molecule has 2 N–H and O–H groups in total. The summed E-state index contributed by atoms with van der Waals surface area (Å²) in [6.07, 6.45) is 0.910. The van der Waals surface area contributed by atoms with Crippen molar-refractivity contribution >= 4 is 50.7 Å². The van der Waals surface area contributed by atoms with Crippen molar-refractivity contribution < 1.29 is 0 Å². The maximum absolute atomic E-state index is 8.91. The highest BCUT2D eigenvalue weighted by Crippen LogP contribution is 2.37. The van der Waals surface area contributed by atoms with Crippen molar-refractivity contribution in [3.8, 4) is 6.07 Å². The number of benzene rings is 2. The van der Waals surface area contributed by atoms with Crippen LogP contribution in [0.4, 0.5) is 11.5 Å². The molecule has 0 aliphatic carbocycles. The predicted molar refractivity (Wildman–Crippen MR) is 107 cm³/mol. The van der Waals surface area contributed by atoms with E-state index in [9.17, 15) is 0 Å². The van der Waals surface area contributed by atoms with Gasteiger partial charge in [0.15, 0.2) is 0 Å². The van der Waals surface area contributed by atoms with Gasteiger partial charge in [-0.15, -0.1) is 12.4 Å². The smallest absolute Gasteiger partial charge is 0.134 e. The number of nitrogen functional groups attached to an aromatic ring is 1. The van der Waals surface area contributed by atoms with E-state index in [4.69, 9.17) is 16.0 Å². The molecule has 25 heavy (non-hydrogen) atoms. The third-order valence-corrected chi connectivity index (χ3v) is 4.95. The summed E-state index contributed by atoms with van der Waals surface area (Å²) in [5.41, 5.74) is 11.1. The minimum Gasteiger partial charge on any atom is -0.398 e. The average molecular weight is 416 g/mol. The molecule has 1 aromatic heterocycles. The van der Waals surface area contributed by atoms with Crippen molar-refractivity contribution in [3.05, 3.63) is 63.6 Å². The summed E-state index contributed by atoms with van der Waals surface area (Å²) in [7, 11) is 0. The van der Waals surface area contributed by atoms with Gasteiger partial charge in [-0.2, -0.15) is 5.26 Å². The Labute approximate surface area is 160 Å². The maximum Gasteiger partial charge on any atom is 0.134 e. The largest absolute Gasteiger partial charge is 0.398 e. The van der Waals surface area contributed by atoms with Crippen molar-refractivity contribution in [1.82, 2.24) is 4.98 Å². The van der Waals surface area contributed by atoms with E-state index >= 15 is 0 Å². The summed E-state index contributed by atoms with van der Waals surface area (Å²) in [5, 5.41) is 9.91. The highest BCUT2D eigenvalue weighted by atomic mass is 79.9. The number of nitriles is 1. The Bertz CT molecular complexity index is 979. The second kappa shape index (κ2) is 6.91. The van der Waals surface area contributed by atoms with E-state index in [1.165, 1.54) is 0 Å². The Morgan fingerprint density at radius 3 is 2.68 bits per heavy atom. The number of aromatic nitrogens is 1. The van der Waals surface area contributed by atoms with Gasteiger partial charge in [-0.1, -0.05) is 28.1 Å². The molecule has 0 atom stereocenters. The van der Waals surface area contributed by atoms with Crippen LogP contribution in [0.2, 0.25) is 0 Å². The fourth-order valence-electron chi connectivity index (χ4n) is 3.21. The monoisotopic (exact) mass is 414 g/mol. The number of nitrogens with two attached hydrogens (primary N) is 1. The second-order valence-corrected chi connectivity index (χ2v) is 6.89. The summed E-state index contributed by atoms with van der Waals surface area (Å²) in [6, 6.07) is 15.9. The van der Waals surface area contributed by atoms with Crippen LogP contribution < -0.4 is 10.6 Å². The first-order valence-electron chi connectivity index (χ1n) is 7.77. The molecule has 0 amide bonds. The van der Waals surface area contributed by atoms with E-state index in [0.29, 0.717) is 5.56 Å². The van der Waals surface area contributed by atoms with E-state index in [0.717, 1.165) is 57.5 Å². The first-order chi connectivity index (χ1) is 11.7. The van der Waals surface area contributed by atoms with Crippen LogP contribution in [0.25, 0.3) is 10.9 Å². The molecule has 3 aromatic rings. The lowest BCUT2D eigenvalue weighted by atomic mass is 10.1. The van der Waals surface area contributed by atoms with Crippen LogP contribution in [0, 0.1) is 11.3 Å². The molecule has 0 unspecified atom stereocenters. The van der Waals surface area contributed by atoms with Crippen molar-refractivity contribution in [1.29, 1.82) is 5.26 Å². The molecule has 126 valence electrons. The van der Waals surface area contributed by atoms with Crippen molar-refractivity contribution in [2.24, 2.45) is 0 Å². The summed E-state index contributed by atoms with van der Waals surface area (Å²) < 4.78 is 1.01. The molecule has 0 saturated heterocycles. The quantitative estimate of drug-likeness (QED) is 0.672. The van der Waals surface area contributed by atoms with Gasteiger partial charge in [-0.25, -0.2) is 4.98 Å². The lowest BCUT2D eigenvalue weighted by Gasteiger charge is -2.19. The van der Waals surface area contributed by atoms with E-state index in [-0.39, 0.29) is 12.4 Å². The average Bonchev–Trinajstić information content (AvgIpc) is 2.99. The zero-order valence-electron chi connectivity index (χ0n) is 13.4. The number of halogens is 2. The van der Waals surface area contributed by atoms with Crippen molar-refractivity contribution in [2.75, 3.05) is 17.2 Å². The van der Waals surface area contributed by atoms with Gasteiger partial charge >= 0.3 is 0 Å². The highest BCUT2D eigenvalue weighted by Gasteiger charge is 2.24. The number of nitrogens with zero attached hydrogens (tertiary/aromatic N) is 3. The number of hydrogen-bond acceptors (Lipinski definition) is 4. The van der Waals surface area contributed by atoms with Gasteiger partial charge in [0.25, 0.3) is 0 Å². The molecule has 4 nitrogen and oxygen atoms in total. The molecule has 6 heteroatoms. The van der Waals surface area contributed by atoms with Gasteiger partial charge in [0.1, 0.15) is 5.82 Å². The summed E-state index contributed by atoms with van der Waals surface area (Å²) >= 11 is 3.50. The number of rotatable bonds is 2. The van der Waals surface area contributed by atoms with E-state index in [1.807, 2.05) is 42.5 Å². The van der Waals surface area contributed by atoms with Gasteiger partial charge in [0.2, 0.25) is 0 Å². The third kappa shape index (κ3) is 3.15. The molecular weight excluding hydrogens is 400 g/mol. The molecular formula is C19H16BrClN4. The van der Waals surface area contributed by atoms with Gasteiger partial charge in [-0.3, -0.25) is 0 Å². The number of pyridine rings is 1. The molecule has 0 spiro atoms. The van der Waals surface area contributed by atoms with Gasteiger partial charge < -0.3 is 10.6 Å². The second-order valence-electron chi connectivity index (χ2n) is 5.97. The van der Waals surface area contributed by atoms with Crippen LogP contribution in [0.5, 0.6) is 0 Å². The molecule has 2 aromatic carbocycles. The lowest BCUT2D eigenvalue weighted by molar-refractivity contribution is 0.827. The van der Waals surface area contributed by atoms with E-state index in [2.05, 4.69) is 26.9 Å². The predicted octanol–water partition coefficient (Wildman–Crippen LogP) is 4.44. The van der Waals surface area contributed by atoms with Crippen LogP contribution in [0.15, 0.2) is 46.9 Å². The standard InChI is InChI=1S/C19H15BrN4.ClH/c20-14-5-6-17-16(9-14)18(22)15-7-8-24(19(15)23-17)11-13-3-1-12(10-21)2-4-13;/h1-6,9H,7-8,11H2,(H2,22,23);1H. The van der Waals surface area contributed by atoms with Crippen molar-refractivity contribution in [2.45, 2.75) is 13.0 Å². The maximum atomic E-state index is 8.91. The van der Waals surface area contributed by atoms with Gasteiger partial charge in [0.05, 0.1) is 17.1 Å². The molecule has 0 fully saturated rings. The number of fused-ring (bicyclic) bond motifs is 2. The molecule has 0 saturated carbocycles.